The minimum absolute atomic E-state index is 0.276. The number of hydrogen-bond acceptors (Lipinski definition) is 3. The smallest absolute Gasteiger partial charge is 0.317 e. The largest absolute Gasteiger partial charge is 0.497 e. The molecule has 0 bridgehead atoms. The van der Waals surface area contributed by atoms with E-state index < -0.39 is 6.23 Å². The first-order valence-electron chi connectivity index (χ1n) is 8.42. The molecule has 0 aliphatic carbocycles. The molecule has 2 aromatic rings. The molecule has 2 rings (SSSR count). The maximum atomic E-state index is 12.0. The van der Waals surface area contributed by atoms with Gasteiger partial charge in [-0.2, -0.15) is 0 Å². The van der Waals surface area contributed by atoms with E-state index in [1.54, 1.807) is 14.0 Å². The Labute approximate surface area is 149 Å². The molecule has 1 atom stereocenters. The Morgan fingerprint density at radius 3 is 2.12 bits per heavy atom. The molecule has 1 unspecified atom stereocenters. The minimum Gasteiger partial charge on any atom is -0.497 e. The lowest BCUT2D eigenvalue weighted by atomic mass is 10.0. The summed E-state index contributed by atoms with van der Waals surface area (Å²) >= 11 is 0. The second kappa shape index (κ2) is 8.97. The summed E-state index contributed by atoms with van der Waals surface area (Å²) in [6.45, 7) is 6.52. The fraction of sp³-hybridized carbons (Fsp3) is 0.350. The van der Waals surface area contributed by atoms with E-state index in [2.05, 4.69) is 24.5 Å². The van der Waals surface area contributed by atoms with Crippen LogP contribution in [0.4, 0.5) is 4.79 Å². The fourth-order valence-corrected chi connectivity index (χ4v) is 2.33. The number of amides is 2. The molecule has 25 heavy (non-hydrogen) atoms. The van der Waals surface area contributed by atoms with Crippen molar-refractivity contribution in [3.05, 3.63) is 59.7 Å². The highest BCUT2D eigenvalue weighted by Gasteiger charge is 2.09. The summed E-state index contributed by atoms with van der Waals surface area (Å²) in [6, 6.07) is 15.2. The van der Waals surface area contributed by atoms with Crippen molar-refractivity contribution in [1.82, 2.24) is 10.6 Å². The first-order chi connectivity index (χ1) is 12.0. The van der Waals surface area contributed by atoms with E-state index in [1.807, 2.05) is 48.5 Å². The Morgan fingerprint density at radius 2 is 1.56 bits per heavy atom. The van der Waals surface area contributed by atoms with Crippen LogP contribution < -0.4 is 20.1 Å². The van der Waals surface area contributed by atoms with E-state index in [0.29, 0.717) is 12.5 Å². The van der Waals surface area contributed by atoms with Crippen LogP contribution in [-0.2, 0) is 6.54 Å². The zero-order valence-electron chi connectivity index (χ0n) is 15.2. The molecule has 0 aromatic heterocycles. The summed E-state index contributed by atoms with van der Waals surface area (Å²) in [4.78, 5) is 12.0. The summed E-state index contributed by atoms with van der Waals surface area (Å²) < 4.78 is 10.8. The van der Waals surface area contributed by atoms with Gasteiger partial charge in [-0.1, -0.05) is 38.1 Å². The van der Waals surface area contributed by atoms with Gasteiger partial charge in [0.1, 0.15) is 11.5 Å². The van der Waals surface area contributed by atoms with E-state index >= 15 is 0 Å². The molecule has 2 aromatic carbocycles. The van der Waals surface area contributed by atoms with Crippen molar-refractivity contribution in [2.45, 2.75) is 39.5 Å². The van der Waals surface area contributed by atoms with Crippen molar-refractivity contribution in [3.63, 3.8) is 0 Å². The number of ether oxygens (including phenoxy) is 2. The third-order valence-corrected chi connectivity index (χ3v) is 3.81. The molecule has 5 nitrogen and oxygen atoms in total. The first kappa shape index (κ1) is 18.6. The van der Waals surface area contributed by atoms with Crippen LogP contribution in [0.25, 0.3) is 0 Å². The zero-order chi connectivity index (χ0) is 18.2. The maximum Gasteiger partial charge on any atom is 0.317 e. The van der Waals surface area contributed by atoms with Crippen molar-refractivity contribution < 1.29 is 14.3 Å². The molecule has 0 heterocycles. The van der Waals surface area contributed by atoms with E-state index in [0.717, 1.165) is 17.1 Å². The molecule has 0 radical (unpaired) electrons. The van der Waals surface area contributed by atoms with Crippen LogP contribution in [0.15, 0.2) is 48.5 Å². The zero-order valence-corrected chi connectivity index (χ0v) is 15.2. The molecular weight excluding hydrogens is 316 g/mol. The van der Waals surface area contributed by atoms with Gasteiger partial charge < -0.3 is 20.1 Å². The predicted octanol–water partition coefficient (Wildman–Crippen LogP) is 4.04. The van der Waals surface area contributed by atoms with Crippen LogP contribution in [0, 0.1) is 0 Å². The normalized spacial score (nSPS) is 11.7. The van der Waals surface area contributed by atoms with Crippen molar-refractivity contribution >= 4 is 6.03 Å². The van der Waals surface area contributed by atoms with Gasteiger partial charge in [0, 0.05) is 6.54 Å². The number of nitrogens with one attached hydrogen (secondary N) is 2. The monoisotopic (exact) mass is 342 g/mol. The third-order valence-electron chi connectivity index (χ3n) is 3.81. The highest BCUT2D eigenvalue weighted by atomic mass is 16.5. The lowest BCUT2D eigenvalue weighted by Gasteiger charge is -2.17. The van der Waals surface area contributed by atoms with E-state index in [9.17, 15) is 4.79 Å². The van der Waals surface area contributed by atoms with Crippen molar-refractivity contribution in [2.24, 2.45) is 0 Å². The molecule has 0 saturated heterocycles. The van der Waals surface area contributed by atoms with Crippen molar-refractivity contribution in [3.8, 4) is 11.5 Å². The molecule has 0 aliphatic heterocycles. The standard InChI is InChI=1S/C20H26N2O3/c1-14(2)17-7-11-19(12-8-17)25-15(3)22-20(23)21-13-16-5-9-18(24-4)10-6-16/h5-12,14-15H,13H2,1-4H3,(H2,21,22,23). The summed E-state index contributed by atoms with van der Waals surface area (Å²) in [7, 11) is 1.62. The second-order valence-corrected chi connectivity index (χ2v) is 6.16. The minimum atomic E-state index is -0.430. The fourth-order valence-electron chi connectivity index (χ4n) is 2.33. The van der Waals surface area contributed by atoms with Gasteiger partial charge >= 0.3 is 6.03 Å². The Morgan fingerprint density at radius 1 is 0.960 bits per heavy atom. The number of benzene rings is 2. The number of carbonyl (C=O) groups excluding carboxylic acids is 1. The molecular formula is C20H26N2O3. The second-order valence-electron chi connectivity index (χ2n) is 6.16. The predicted molar refractivity (Wildman–Crippen MR) is 99.0 cm³/mol. The van der Waals surface area contributed by atoms with Crippen molar-refractivity contribution in [2.75, 3.05) is 7.11 Å². The summed E-state index contributed by atoms with van der Waals surface area (Å²) in [5, 5.41) is 5.57. The summed E-state index contributed by atoms with van der Waals surface area (Å²) in [6.07, 6.45) is -0.430. The van der Waals surface area contributed by atoms with Crippen LogP contribution in [0.1, 0.15) is 37.8 Å². The van der Waals surface area contributed by atoms with Crippen LogP contribution in [0.2, 0.25) is 0 Å². The SMILES string of the molecule is COc1ccc(CNC(=O)NC(C)Oc2ccc(C(C)C)cc2)cc1. The first-order valence-corrected chi connectivity index (χ1v) is 8.42. The van der Waals surface area contributed by atoms with Gasteiger partial charge in [-0.25, -0.2) is 4.79 Å². The molecule has 0 spiro atoms. The average Bonchev–Trinajstić information content (AvgIpc) is 2.60. The average molecular weight is 342 g/mol. The molecule has 0 fully saturated rings. The van der Waals surface area contributed by atoms with E-state index in [4.69, 9.17) is 9.47 Å². The van der Waals surface area contributed by atoms with Gasteiger partial charge in [-0.05, 0) is 48.2 Å². The molecule has 5 heteroatoms. The lowest BCUT2D eigenvalue weighted by Crippen LogP contribution is -2.43. The Kier molecular flexibility index (Phi) is 6.69. The number of methoxy groups -OCH3 is 1. The van der Waals surface area contributed by atoms with Gasteiger partial charge in [0.05, 0.1) is 7.11 Å². The highest BCUT2D eigenvalue weighted by molar-refractivity contribution is 5.74. The maximum absolute atomic E-state index is 12.0. The van der Waals surface area contributed by atoms with Crippen LogP contribution in [0.5, 0.6) is 11.5 Å². The van der Waals surface area contributed by atoms with Gasteiger partial charge in [0.2, 0.25) is 0 Å². The van der Waals surface area contributed by atoms with Gasteiger partial charge in [0.25, 0.3) is 0 Å². The molecule has 134 valence electrons. The summed E-state index contributed by atoms with van der Waals surface area (Å²) in [5.74, 6) is 2.00. The van der Waals surface area contributed by atoms with Crippen LogP contribution in [0.3, 0.4) is 0 Å². The van der Waals surface area contributed by atoms with Crippen LogP contribution >= 0.6 is 0 Å². The van der Waals surface area contributed by atoms with Crippen LogP contribution in [-0.4, -0.2) is 19.4 Å². The van der Waals surface area contributed by atoms with E-state index in [-0.39, 0.29) is 6.03 Å². The number of rotatable bonds is 7. The topological polar surface area (TPSA) is 59.6 Å². The molecule has 0 saturated carbocycles. The van der Waals surface area contributed by atoms with Gasteiger partial charge in [0.15, 0.2) is 6.23 Å². The third kappa shape index (κ3) is 6.03. The summed E-state index contributed by atoms with van der Waals surface area (Å²) in [5.41, 5.74) is 2.25. The molecule has 2 amide bonds. The molecule has 0 aliphatic rings. The quantitative estimate of drug-likeness (QED) is 0.747. The Hall–Kier alpha value is -2.69. The number of hydrogen-bond donors (Lipinski definition) is 2. The van der Waals surface area contributed by atoms with E-state index in [1.165, 1.54) is 5.56 Å². The Balaban J connectivity index is 1.77. The lowest BCUT2D eigenvalue weighted by molar-refractivity contribution is 0.177. The Bertz CT molecular complexity index is 666. The van der Waals surface area contributed by atoms with Gasteiger partial charge in [-0.15, -0.1) is 0 Å². The van der Waals surface area contributed by atoms with Gasteiger partial charge in [-0.3, -0.25) is 0 Å². The van der Waals surface area contributed by atoms with Crippen molar-refractivity contribution in [1.29, 1.82) is 0 Å². The number of carbonyl (C=O) groups is 1. The highest BCUT2D eigenvalue weighted by Crippen LogP contribution is 2.19. The molecule has 2 N–H and O–H groups in total. The number of urea groups is 1.